The quantitative estimate of drug-likeness (QED) is 0.727. The summed E-state index contributed by atoms with van der Waals surface area (Å²) in [5.41, 5.74) is 3.60. The number of hydrogen-bond donors (Lipinski definition) is 0. The number of aliphatic imine (C=N–C) groups is 1. The molecule has 0 saturated carbocycles. The summed E-state index contributed by atoms with van der Waals surface area (Å²) >= 11 is 6.06. The molecule has 1 aromatic carbocycles. The molecule has 0 N–H and O–H groups in total. The standard InChI is InChI=1S/C23H26ClN5O2/c1-15(2)19-14-29-22(26-19)21-20(11-18(12-25-21)27-7-9-31-10-8-27)28(23(29)30)13-16-3-5-17(24)6-4-16/h3-6,11-12,15,19H,7-10,13-14H2,1-2H3/t19-/m0/s1. The van der Waals surface area contributed by atoms with E-state index >= 15 is 0 Å². The van der Waals surface area contributed by atoms with Crippen LogP contribution in [0.1, 0.15) is 25.1 Å². The summed E-state index contributed by atoms with van der Waals surface area (Å²) in [6, 6.07) is 9.73. The van der Waals surface area contributed by atoms with Crippen LogP contribution in [0.15, 0.2) is 41.5 Å². The highest BCUT2D eigenvalue weighted by atomic mass is 35.5. The van der Waals surface area contributed by atoms with Gasteiger partial charge in [0, 0.05) is 18.1 Å². The summed E-state index contributed by atoms with van der Waals surface area (Å²) in [4.78, 5) is 29.1. The molecule has 31 heavy (non-hydrogen) atoms. The number of urea groups is 1. The molecular weight excluding hydrogens is 414 g/mol. The normalized spacial score (nSPS) is 20.8. The Kier molecular flexibility index (Phi) is 5.32. The van der Waals surface area contributed by atoms with Crippen molar-refractivity contribution in [3.05, 3.63) is 52.8 Å². The Morgan fingerprint density at radius 1 is 1.19 bits per heavy atom. The van der Waals surface area contributed by atoms with Gasteiger partial charge in [-0.2, -0.15) is 0 Å². The summed E-state index contributed by atoms with van der Waals surface area (Å²) < 4.78 is 5.49. The van der Waals surface area contributed by atoms with Gasteiger partial charge >= 0.3 is 6.03 Å². The molecule has 7 nitrogen and oxygen atoms in total. The largest absolute Gasteiger partial charge is 0.378 e. The molecule has 2 aromatic rings. The molecule has 2 amide bonds. The number of amides is 2. The minimum Gasteiger partial charge on any atom is -0.378 e. The van der Waals surface area contributed by atoms with Gasteiger partial charge in [0.25, 0.3) is 0 Å². The fraction of sp³-hybridized carbons (Fsp3) is 0.435. The highest BCUT2D eigenvalue weighted by Gasteiger charge is 2.42. The number of benzene rings is 1. The van der Waals surface area contributed by atoms with Crippen LogP contribution in [-0.2, 0) is 11.3 Å². The average Bonchev–Trinajstić information content (AvgIpc) is 3.24. The average molecular weight is 440 g/mol. The third-order valence-corrected chi connectivity index (χ3v) is 6.38. The van der Waals surface area contributed by atoms with E-state index in [9.17, 15) is 4.79 Å². The number of morpholine rings is 1. The maximum absolute atomic E-state index is 13.6. The lowest BCUT2D eigenvalue weighted by Crippen LogP contribution is -2.50. The van der Waals surface area contributed by atoms with Crippen LogP contribution in [0.5, 0.6) is 0 Å². The van der Waals surface area contributed by atoms with E-state index in [-0.39, 0.29) is 12.1 Å². The van der Waals surface area contributed by atoms with E-state index in [1.807, 2.05) is 35.4 Å². The highest BCUT2D eigenvalue weighted by Crippen LogP contribution is 2.35. The second kappa shape index (κ2) is 8.13. The second-order valence-corrected chi connectivity index (χ2v) is 8.97. The molecule has 5 rings (SSSR count). The lowest BCUT2D eigenvalue weighted by atomic mass is 10.1. The van der Waals surface area contributed by atoms with Gasteiger partial charge in [-0.25, -0.2) is 9.78 Å². The van der Waals surface area contributed by atoms with Crippen LogP contribution in [-0.4, -0.2) is 60.6 Å². The van der Waals surface area contributed by atoms with Crippen LogP contribution >= 0.6 is 11.6 Å². The molecule has 3 aliphatic heterocycles. The first-order valence-electron chi connectivity index (χ1n) is 10.8. The van der Waals surface area contributed by atoms with Crippen molar-refractivity contribution in [2.45, 2.75) is 26.4 Å². The van der Waals surface area contributed by atoms with Gasteiger partial charge in [0.15, 0.2) is 5.84 Å². The van der Waals surface area contributed by atoms with E-state index in [2.05, 4.69) is 24.8 Å². The number of aromatic nitrogens is 1. The van der Waals surface area contributed by atoms with Crippen molar-refractivity contribution in [1.82, 2.24) is 9.88 Å². The Balaban J connectivity index is 1.56. The number of carbonyl (C=O) groups is 1. The maximum Gasteiger partial charge on any atom is 0.330 e. The number of anilines is 2. The maximum atomic E-state index is 13.6. The zero-order valence-corrected chi connectivity index (χ0v) is 18.5. The van der Waals surface area contributed by atoms with Gasteiger partial charge in [0.1, 0.15) is 5.69 Å². The molecule has 0 spiro atoms. The molecule has 3 aliphatic rings. The molecule has 1 fully saturated rings. The van der Waals surface area contributed by atoms with Crippen LogP contribution in [0.2, 0.25) is 5.02 Å². The predicted molar refractivity (Wildman–Crippen MR) is 122 cm³/mol. The minimum absolute atomic E-state index is 0.0507. The van der Waals surface area contributed by atoms with E-state index in [0.29, 0.717) is 43.1 Å². The van der Waals surface area contributed by atoms with E-state index in [4.69, 9.17) is 26.3 Å². The molecule has 0 bridgehead atoms. The molecule has 0 aliphatic carbocycles. The van der Waals surface area contributed by atoms with E-state index in [1.165, 1.54) is 0 Å². The van der Waals surface area contributed by atoms with Crippen molar-refractivity contribution in [1.29, 1.82) is 0 Å². The van der Waals surface area contributed by atoms with Crippen molar-refractivity contribution >= 4 is 34.8 Å². The van der Waals surface area contributed by atoms with Crippen LogP contribution in [0.3, 0.4) is 0 Å². The van der Waals surface area contributed by atoms with Gasteiger partial charge in [-0.3, -0.25) is 14.8 Å². The van der Waals surface area contributed by atoms with Crippen LogP contribution < -0.4 is 9.80 Å². The zero-order valence-electron chi connectivity index (χ0n) is 17.8. The number of halogens is 1. The molecule has 0 unspecified atom stereocenters. The highest BCUT2D eigenvalue weighted by molar-refractivity contribution is 6.30. The van der Waals surface area contributed by atoms with Gasteiger partial charge in [-0.1, -0.05) is 37.6 Å². The van der Waals surface area contributed by atoms with Crippen molar-refractivity contribution in [3.8, 4) is 0 Å². The van der Waals surface area contributed by atoms with E-state index < -0.39 is 0 Å². The molecular formula is C23H26ClN5O2. The van der Waals surface area contributed by atoms with Gasteiger partial charge in [-0.05, 0) is 29.7 Å². The van der Waals surface area contributed by atoms with Crippen LogP contribution in [0.4, 0.5) is 16.2 Å². The number of hydrogen-bond acceptors (Lipinski definition) is 5. The Bertz CT molecular complexity index is 1020. The van der Waals surface area contributed by atoms with Gasteiger partial charge in [0.2, 0.25) is 0 Å². The zero-order chi connectivity index (χ0) is 21.5. The lowest BCUT2D eigenvalue weighted by molar-refractivity contribution is 0.122. The Morgan fingerprint density at radius 2 is 1.94 bits per heavy atom. The minimum atomic E-state index is -0.0507. The first-order valence-corrected chi connectivity index (χ1v) is 11.1. The Morgan fingerprint density at radius 3 is 2.65 bits per heavy atom. The lowest BCUT2D eigenvalue weighted by Gasteiger charge is -2.36. The number of amidine groups is 1. The van der Waals surface area contributed by atoms with Gasteiger partial charge < -0.3 is 9.64 Å². The number of fused-ring (bicyclic) bond motifs is 3. The molecule has 8 heteroatoms. The molecule has 4 heterocycles. The monoisotopic (exact) mass is 439 g/mol. The summed E-state index contributed by atoms with van der Waals surface area (Å²) in [7, 11) is 0. The van der Waals surface area contributed by atoms with E-state index in [1.54, 1.807) is 4.90 Å². The topological polar surface area (TPSA) is 61.3 Å². The molecule has 1 atom stereocenters. The number of pyridine rings is 1. The van der Waals surface area contributed by atoms with Crippen LogP contribution in [0.25, 0.3) is 0 Å². The molecule has 0 radical (unpaired) electrons. The number of ether oxygens (including phenoxy) is 1. The molecule has 1 saturated heterocycles. The van der Waals surface area contributed by atoms with Crippen molar-refractivity contribution < 1.29 is 9.53 Å². The third-order valence-electron chi connectivity index (χ3n) is 6.13. The van der Waals surface area contributed by atoms with Crippen molar-refractivity contribution in [2.24, 2.45) is 10.9 Å². The molecule has 1 aromatic heterocycles. The van der Waals surface area contributed by atoms with Crippen molar-refractivity contribution in [2.75, 3.05) is 42.6 Å². The van der Waals surface area contributed by atoms with Gasteiger partial charge in [0.05, 0.1) is 49.9 Å². The van der Waals surface area contributed by atoms with E-state index in [0.717, 1.165) is 35.7 Å². The van der Waals surface area contributed by atoms with Crippen molar-refractivity contribution in [3.63, 3.8) is 0 Å². The van der Waals surface area contributed by atoms with Gasteiger partial charge in [-0.15, -0.1) is 0 Å². The first-order chi connectivity index (χ1) is 15.0. The second-order valence-electron chi connectivity index (χ2n) is 8.53. The number of nitrogens with zero attached hydrogens (tertiary/aromatic N) is 5. The summed E-state index contributed by atoms with van der Waals surface area (Å²) in [5.74, 6) is 1.05. The fourth-order valence-electron chi connectivity index (χ4n) is 4.25. The molecule has 162 valence electrons. The Hall–Kier alpha value is -2.64. The summed E-state index contributed by atoms with van der Waals surface area (Å²) in [5, 5.41) is 0.680. The SMILES string of the molecule is CC(C)[C@@H]1CN2C(=O)N(Cc3ccc(Cl)cc3)c3cc(N4CCOCC4)cnc3C2=N1. The smallest absolute Gasteiger partial charge is 0.330 e. The Labute approximate surface area is 187 Å². The fourth-order valence-corrected chi connectivity index (χ4v) is 4.37. The summed E-state index contributed by atoms with van der Waals surface area (Å²) in [6.07, 6.45) is 1.89. The predicted octanol–water partition coefficient (Wildman–Crippen LogP) is 3.80. The number of rotatable bonds is 4. The summed E-state index contributed by atoms with van der Waals surface area (Å²) in [6.45, 7) is 8.34. The first kappa shape index (κ1) is 20.3. The number of carbonyl (C=O) groups excluding carboxylic acids is 1. The third kappa shape index (κ3) is 3.77. The van der Waals surface area contributed by atoms with Crippen LogP contribution in [0, 0.1) is 5.92 Å².